The number of rotatable bonds is 8. The Morgan fingerprint density at radius 2 is 2.00 bits per heavy atom. The quantitative estimate of drug-likeness (QED) is 0.402. The van der Waals surface area contributed by atoms with Crippen LogP contribution in [0.5, 0.6) is 0 Å². The molecule has 1 aliphatic rings. The predicted molar refractivity (Wildman–Crippen MR) is 101 cm³/mol. The maximum atomic E-state index is 5.77. The maximum Gasteiger partial charge on any atom is 0.191 e. The van der Waals surface area contributed by atoms with Crippen LogP contribution in [0.25, 0.3) is 0 Å². The fraction of sp³-hybridized carbons (Fsp3) is 0.611. The van der Waals surface area contributed by atoms with Crippen molar-refractivity contribution in [1.29, 1.82) is 0 Å². The molecule has 1 fully saturated rings. The van der Waals surface area contributed by atoms with Gasteiger partial charge in [0.15, 0.2) is 5.96 Å². The second-order valence-corrected chi connectivity index (χ2v) is 6.88. The highest BCUT2D eigenvalue weighted by Gasteiger charge is 2.13. The zero-order valence-corrected chi connectivity index (χ0v) is 16.0. The minimum absolute atomic E-state index is 0.673. The van der Waals surface area contributed by atoms with Crippen molar-refractivity contribution in [2.24, 2.45) is 10.9 Å². The predicted octanol–water partition coefficient (Wildman–Crippen LogP) is 2.95. The van der Waals surface area contributed by atoms with Gasteiger partial charge in [-0.05, 0) is 42.9 Å². The summed E-state index contributed by atoms with van der Waals surface area (Å²) in [5, 5.41) is 6.64. The number of ether oxygens (including phenoxy) is 2. The molecule has 24 heavy (non-hydrogen) atoms. The number of hydrogen-bond acceptors (Lipinski definition) is 3. The van der Waals surface area contributed by atoms with Gasteiger partial charge < -0.3 is 20.1 Å². The first-order valence-corrected chi connectivity index (χ1v) is 9.41. The van der Waals surface area contributed by atoms with Gasteiger partial charge in [0.2, 0.25) is 0 Å². The van der Waals surface area contributed by atoms with Crippen molar-refractivity contribution >= 4 is 21.9 Å². The van der Waals surface area contributed by atoms with Crippen molar-refractivity contribution in [2.75, 3.05) is 40.0 Å². The van der Waals surface area contributed by atoms with Gasteiger partial charge in [-0.15, -0.1) is 0 Å². The molecule has 0 aliphatic carbocycles. The van der Waals surface area contributed by atoms with E-state index < -0.39 is 0 Å². The molecule has 0 saturated carbocycles. The van der Waals surface area contributed by atoms with E-state index in [0.29, 0.717) is 5.92 Å². The molecule has 1 saturated heterocycles. The summed E-state index contributed by atoms with van der Waals surface area (Å²) in [5.41, 5.74) is 1.22. The highest BCUT2D eigenvalue weighted by atomic mass is 79.9. The van der Waals surface area contributed by atoms with Crippen LogP contribution in [0.2, 0.25) is 0 Å². The minimum atomic E-state index is 0.673. The summed E-state index contributed by atoms with van der Waals surface area (Å²) in [5.74, 6) is 1.49. The lowest BCUT2D eigenvalue weighted by atomic mass is 10.0. The molecule has 1 heterocycles. The summed E-state index contributed by atoms with van der Waals surface area (Å²) in [6.45, 7) is 5.03. The van der Waals surface area contributed by atoms with Crippen LogP contribution in [0.1, 0.15) is 24.8 Å². The molecule has 1 aromatic carbocycles. The molecule has 0 bridgehead atoms. The monoisotopic (exact) mass is 397 g/mol. The summed E-state index contributed by atoms with van der Waals surface area (Å²) in [6, 6.07) is 8.27. The molecule has 0 unspecified atom stereocenters. The average molecular weight is 398 g/mol. The molecule has 134 valence electrons. The second-order valence-electron chi connectivity index (χ2n) is 5.96. The third-order valence-electron chi connectivity index (χ3n) is 4.05. The van der Waals surface area contributed by atoms with Crippen LogP contribution in [-0.4, -0.2) is 46.0 Å². The number of nitrogens with one attached hydrogen (secondary N) is 2. The van der Waals surface area contributed by atoms with Crippen molar-refractivity contribution in [2.45, 2.75) is 25.8 Å². The number of halogens is 1. The van der Waals surface area contributed by atoms with Crippen LogP contribution in [0.4, 0.5) is 0 Å². The van der Waals surface area contributed by atoms with Crippen LogP contribution in [0.15, 0.2) is 33.7 Å². The van der Waals surface area contributed by atoms with Crippen LogP contribution in [0, 0.1) is 5.92 Å². The third kappa shape index (κ3) is 7.64. The maximum absolute atomic E-state index is 5.77. The van der Waals surface area contributed by atoms with Gasteiger partial charge >= 0.3 is 0 Å². The van der Waals surface area contributed by atoms with E-state index in [2.05, 4.69) is 43.7 Å². The summed E-state index contributed by atoms with van der Waals surface area (Å²) >= 11 is 3.44. The SMILES string of the molecule is CN=C(NCCCOCC1CCOCC1)NCc1ccc(Br)cc1. The Kier molecular flexibility index (Phi) is 9.16. The van der Waals surface area contributed by atoms with E-state index in [9.17, 15) is 0 Å². The van der Waals surface area contributed by atoms with Crippen LogP contribution in [0.3, 0.4) is 0 Å². The molecule has 0 spiro atoms. The summed E-state index contributed by atoms with van der Waals surface area (Å²) in [7, 11) is 1.79. The number of guanidine groups is 1. The molecule has 2 N–H and O–H groups in total. The molecule has 2 rings (SSSR count). The fourth-order valence-electron chi connectivity index (χ4n) is 2.55. The third-order valence-corrected chi connectivity index (χ3v) is 4.58. The standard InChI is InChI=1S/C18H28BrN3O2/c1-20-18(22-13-15-3-5-17(19)6-4-15)21-9-2-10-24-14-16-7-11-23-12-8-16/h3-6,16H,2,7-14H2,1H3,(H2,20,21,22). The van der Waals surface area contributed by atoms with Crippen LogP contribution < -0.4 is 10.6 Å². The molecule has 0 aromatic heterocycles. The van der Waals surface area contributed by atoms with E-state index in [1.807, 2.05) is 12.1 Å². The van der Waals surface area contributed by atoms with Gasteiger partial charge in [-0.2, -0.15) is 0 Å². The fourth-order valence-corrected chi connectivity index (χ4v) is 2.82. The van der Waals surface area contributed by atoms with Crippen molar-refractivity contribution in [3.8, 4) is 0 Å². The lowest BCUT2D eigenvalue weighted by molar-refractivity contribution is 0.0203. The normalized spacial score (nSPS) is 16.2. The topological polar surface area (TPSA) is 54.9 Å². The van der Waals surface area contributed by atoms with Crippen molar-refractivity contribution < 1.29 is 9.47 Å². The summed E-state index contributed by atoms with van der Waals surface area (Å²) in [4.78, 5) is 4.24. The molecule has 1 aromatic rings. The first kappa shape index (κ1) is 19.2. The molecule has 0 amide bonds. The molecule has 6 heteroatoms. The van der Waals surface area contributed by atoms with Gasteiger partial charge in [0.05, 0.1) is 0 Å². The Bertz CT molecular complexity index is 488. The summed E-state index contributed by atoms with van der Waals surface area (Å²) in [6.07, 6.45) is 3.23. The Hall–Kier alpha value is -1.11. The molecular weight excluding hydrogens is 370 g/mol. The molecular formula is C18H28BrN3O2. The Labute approximate surface area is 153 Å². The first-order valence-electron chi connectivity index (χ1n) is 8.62. The van der Waals surface area contributed by atoms with Gasteiger partial charge in [0, 0.05) is 51.0 Å². The van der Waals surface area contributed by atoms with Crippen LogP contribution in [-0.2, 0) is 16.0 Å². The number of nitrogens with zero attached hydrogens (tertiary/aromatic N) is 1. The van der Waals surface area contributed by atoms with Crippen molar-refractivity contribution in [3.63, 3.8) is 0 Å². The van der Waals surface area contributed by atoms with E-state index >= 15 is 0 Å². The Morgan fingerprint density at radius 1 is 1.25 bits per heavy atom. The van der Waals surface area contributed by atoms with Gasteiger partial charge in [-0.3, -0.25) is 4.99 Å². The van der Waals surface area contributed by atoms with E-state index in [-0.39, 0.29) is 0 Å². The van der Waals surface area contributed by atoms with E-state index in [4.69, 9.17) is 9.47 Å². The zero-order chi connectivity index (χ0) is 17.0. The van der Waals surface area contributed by atoms with E-state index in [1.165, 1.54) is 5.56 Å². The molecule has 0 atom stereocenters. The summed E-state index contributed by atoms with van der Waals surface area (Å²) < 4.78 is 12.2. The molecule has 0 radical (unpaired) electrons. The first-order chi connectivity index (χ1) is 11.8. The lowest BCUT2D eigenvalue weighted by Gasteiger charge is -2.21. The highest BCUT2D eigenvalue weighted by molar-refractivity contribution is 9.10. The van der Waals surface area contributed by atoms with Crippen molar-refractivity contribution in [3.05, 3.63) is 34.3 Å². The van der Waals surface area contributed by atoms with Gasteiger partial charge in [0.25, 0.3) is 0 Å². The van der Waals surface area contributed by atoms with Gasteiger partial charge in [-0.1, -0.05) is 28.1 Å². The minimum Gasteiger partial charge on any atom is -0.381 e. The largest absolute Gasteiger partial charge is 0.381 e. The zero-order valence-electron chi connectivity index (χ0n) is 14.4. The van der Waals surface area contributed by atoms with E-state index in [0.717, 1.165) is 69.2 Å². The number of aliphatic imine (C=N–C) groups is 1. The average Bonchev–Trinajstić information content (AvgIpc) is 2.63. The van der Waals surface area contributed by atoms with Crippen LogP contribution >= 0.6 is 15.9 Å². The highest BCUT2D eigenvalue weighted by Crippen LogP contribution is 2.14. The molecule has 1 aliphatic heterocycles. The lowest BCUT2D eigenvalue weighted by Crippen LogP contribution is -2.37. The van der Waals surface area contributed by atoms with Gasteiger partial charge in [-0.25, -0.2) is 0 Å². The molecule has 5 nitrogen and oxygen atoms in total. The van der Waals surface area contributed by atoms with E-state index in [1.54, 1.807) is 7.05 Å². The Balaban J connectivity index is 1.52. The van der Waals surface area contributed by atoms with Gasteiger partial charge in [0.1, 0.15) is 0 Å². The second kappa shape index (κ2) is 11.4. The smallest absolute Gasteiger partial charge is 0.191 e. The number of hydrogen-bond donors (Lipinski definition) is 2. The number of benzene rings is 1. The van der Waals surface area contributed by atoms with Crippen molar-refractivity contribution in [1.82, 2.24) is 10.6 Å². The Morgan fingerprint density at radius 3 is 2.71 bits per heavy atom.